The van der Waals surface area contributed by atoms with Gasteiger partial charge in [-0.05, 0) is 11.5 Å². The molecule has 0 radical (unpaired) electrons. The van der Waals surface area contributed by atoms with E-state index < -0.39 is 24.3 Å². The van der Waals surface area contributed by atoms with Crippen LogP contribution in [-0.2, 0) is 20.9 Å². The number of hydrogen-bond acceptors (Lipinski definition) is 6. The van der Waals surface area contributed by atoms with Gasteiger partial charge in [-0.15, -0.1) is 0 Å². The lowest BCUT2D eigenvalue weighted by Crippen LogP contribution is -2.51. The lowest BCUT2D eigenvalue weighted by molar-refractivity contribution is -0.193. The smallest absolute Gasteiger partial charge is 0.475 e. The number of thiol groups is 1. The first-order chi connectivity index (χ1) is 16.0. The van der Waals surface area contributed by atoms with Crippen molar-refractivity contribution < 1.29 is 50.9 Å². The molecule has 3 atom stereocenters. The van der Waals surface area contributed by atoms with Gasteiger partial charge >= 0.3 is 24.3 Å². The predicted molar refractivity (Wildman–Crippen MR) is 119 cm³/mol. The van der Waals surface area contributed by atoms with Crippen LogP contribution in [0.5, 0.6) is 0 Å². The van der Waals surface area contributed by atoms with Gasteiger partial charge in [0.2, 0.25) is 5.91 Å². The second kappa shape index (κ2) is 17.0. The van der Waals surface area contributed by atoms with E-state index in [-0.39, 0.29) is 23.9 Å². The van der Waals surface area contributed by atoms with E-state index in [9.17, 15) is 31.1 Å². The monoisotopic (exact) mass is 537 g/mol. The quantitative estimate of drug-likeness (QED) is 0.210. The van der Waals surface area contributed by atoms with Crippen molar-refractivity contribution in [3.8, 4) is 0 Å². The van der Waals surface area contributed by atoms with Gasteiger partial charge in [0.15, 0.2) is 0 Å². The summed E-state index contributed by atoms with van der Waals surface area (Å²) in [7, 11) is 0. The minimum atomic E-state index is -5.08. The molecule has 1 amide bonds. The van der Waals surface area contributed by atoms with Crippen LogP contribution in [0.25, 0.3) is 0 Å². The van der Waals surface area contributed by atoms with Crippen molar-refractivity contribution in [1.82, 2.24) is 10.6 Å². The highest BCUT2D eigenvalue weighted by Crippen LogP contribution is 2.13. The van der Waals surface area contributed by atoms with Crippen LogP contribution < -0.4 is 16.4 Å². The number of hydrogen-bond donors (Lipinski definition) is 6. The molecule has 0 aliphatic heterocycles. The summed E-state index contributed by atoms with van der Waals surface area (Å²) < 4.78 is 63.5. The van der Waals surface area contributed by atoms with Gasteiger partial charge in [-0.25, -0.2) is 9.59 Å². The van der Waals surface area contributed by atoms with E-state index in [0.717, 1.165) is 12.0 Å². The third kappa shape index (κ3) is 17.6. The highest BCUT2D eigenvalue weighted by atomic mass is 32.1. The van der Waals surface area contributed by atoms with Gasteiger partial charge in [-0.3, -0.25) is 4.79 Å². The number of alkyl halides is 6. The van der Waals surface area contributed by atoms with Crippen molar-refractivity contribution in [2.45, 2.75) is 51.2 Å². The van der Waals surface area contributed by atoms with Crippen LogP contribution in [0.3, 0.4) is 0 Å². The fourth-order valence-electron chi connectivity index (χ4n) is 2.03. The minimum absolute atomic E-state index is 0.0274. The fraction of sp³-hybridized carbons (Fsp3) is 0.550. The average Bonchev–Trinajstić information content (AvgIpc) is 2.77. The Morgan fingerprint density at radius 1 is 1.00 bits per heavy atom. The second-order valence-corrected chi connectivity index (χ2v) is 7.39. The van der Waals surface area contributed by atoms with Crippen molar-refractivity contribution in [3.63, 3.8) is 0 Å². The standard InChI is InChI=1S/C16H27N3OS.2C2HF3O2/c1-3-12(2)15(18-10-14(17)11-21)16(20)19-9-13-7-5-4-6-8-13;2*3-2(4,5)1(6)7/h4-8,12,14-15,18,21H,3,9-11,17H2,1-2H3,(H,19,20);2*(H,6,7)/t12-,14+,15-;;/m0../s1. The molecule has 0 aromatic heterocycles. The van der Waals surface area contributed by atoms with Crippen molar-refractivity contribution in [3.05, 3.63) is 35.9 Å². The van der Waals surface area contributed by atoms with Crippen LogP contribution >= 0.6 is 12.6 Å². The Hall–Kier alpha value is -2.52. The molecule has 202 valence electrons. The first kappa shape index (κ1) is 34.6. The molecule has 0 unspecified atom stereocenters. The highest BCUT2D eigenvalue weighted by molar-refractivity contribution is 7.80. The number of nitrogens with one attached hydrogen (secondary N) is 2. The zero-order chi connectivity index (χ0) is 27.8. The summed E-state index contributed by atoms with van der Waals surface area (Å²) in [5.41, 5.74) is 6.96. The fourth-order valence-corrected chi connectivity index (χ4v) is 2.15. The molecule has 15 heteroatoms. The molecule has 0 fully saturated rings. The van der Waals surface area contributed by atoms with E-state index in [1.807, 2.05) is 30.3 Å². The molecule has 0 bridgehead atoms. The van der Waals surface area contributed by atoms with Gasteiger partial charge in [0.25, 0.3) is 0 Å². The van der Waals surface area contributed by atoms with E-state index in [1.54, 1.807) is 0 Å². The maximum atomic E-state index is 12.4. The van der Waals surface area contributed by atoms with Gasteiger partial charge < -0.3 is 26.6 Å². The molecule has 1 rings (SSSR count). The van der Waals surface area contributed by atoms with Crippen LogP contribution in [0.1, 0.15) is 25.8 Å². The molecule has 0 spiro atoms. The minimum Gasteiger partial charge on any atom is -0.475 e. The van der Waals surface area contributed by atoms with Crippen LogP contribution in [0.15, 0.2) is 30.3 Å². The summed E-state index contributed by atoms with van der Waals surface area (Å²) in [6.07, 6.45) is -9.23. The number of rotatable bonds is 9. The largest absolute Gasteiger partial charge is 0.490 e. The highest BCUT2D eigenvalue weighted by Gasteiger charge is 2.38. The average molecular weight is 538 g/mol. The van der Waals surface area contributed by atoms with Gasteiger partial charge in [-0.1, -0.05) is 50.6 Å². The van der Waals surface area contributed by atoms with Gasteiger partial charge in [0, 0.05) is 24.9 Å². The number of amides is 1. The number of aliphatic carboxylic acids is 2. The molecule has 8 nitrogen and oxygen atoms in total. The summed E-state index contributed by atoms with van der Waals surface area (Å²) in [6.45, 7) is 5.30. The molecular weight excluding hydrogens is 508 g/mol. The lowest BCUT2D eigenvalue weighted by atomic mass is 9.98. The Morgan fingerprint density at radius 2 is 1.43 bits per heavy atom. The van der Waals surface area contributed by atoms with E-state index in [1.165, 1.54) is 0 Å². The number of carboxylic acids is 2. The zero-order valence-corrected chi connectivity index (χ0v) is 19.8. The molecule has 0 aliphatic carbocycles. The van der Waals surface area contributed by atoms with Crippen LogP contribution in [0.2, 0.25) is 0 Å². The molecule has 6 N–H and O–H groups in total. The van der Waals surface area contributed by atoms with Gasteiger partial charge in [0.05, 0.1) is 6.04 Å². The predicted octanol–water partition coefficient (Wildman–Crippen LogP) is 2.83. The van der Waals surface area contributed by atoms with Gasteiger partial charge in [0.1, 0.15) is 0 Å². The molecule has 0 aliphatic rings. The summed E-state index contributed by atoms with van der Waals surface area (Å²) in [5, 5.41) is 20.5. The Balaban J connectivity index is 0. The number of nitrogens with two attached hydrogens (primary N) is 1. The van der Waals surface area contributed by atoms with Crippen molar-refractivity contribution in [2.75, 3.05) is 12.3 Å². The van der Waals surface area contributed by atoms with Crippen molar-refractivity contribution in [1.29, 1.82) is 0 Å². The summed E-state index contributed by atoms with van der Waals surface area (Å²) in [5.74, 6) is -4.63. The SMILES string of the molecule is CC[C@H](C)[C@H](NC[C@@H](N)CS)C(=O)NCc1ccccc1.O=C(O)C(F)(F)F.O=C(O)C(F)(F)F. The van der Waals surface area contributed by atoms with E-state index >= 15 is 0 Å². The maximum absolute atomic E-state index is 12.4. The molecular formula is C20H29F6N3O5S. The Morgan fingerprint density at radius 3 is 1.77 bits per heavy atom. The van der Waals surface area contributed by atoms with E-state index in [4.69, 9.17) is 25.5 Å². The Kier molecular flexibility index (Phi) is 16.8. The lowest BCUT2D eigenvalue weighted by Gasteiger charge is -2.25. The summed E-state index contributed by atoms with van der Waals surface area (Å²) >= 11 is 4.17. The third-order valence-corrected chi connectivity index (χ3v) is 4.59. The first-order valence-electron chi connectivity index (χ1n) is 9.98. The molecule has 1 aromatic rings. The topological polar surface area (TPSA) is 142 Å². The normalized spacial score (nSPS) is 13.7. The number of carboxylic acid groups (broad SMARTS) is 2. The van der Waals surface area contributed by atoms with Crippen LogP contribution in [-0.4, -0.2) is 64.8 Å². The zero-order valence-electron chi connectivity index (χ0n) is 18.9. The first-order valence-corrected chi connectivity index (χ1v) is 10.6. The Bertz CT molecular complexity index is 742. The number of carbonyl (C=O) groups excluding carboxylic acids is 1. The Labute approximate surface area is 203 Å². The molecule has 35 heavy (non-hydrogen) atoms. The second-order valence-electron chi connectivity index (χ2n) is 7.02. The van der Waals surface area contributed by atoms with Crippen LogP contribution in [0.4, 0.5) is 26.3 Å². The van der Waals surface area contributed by atoms with Gasteiger partial charge in [-0.2, -0.15) is 39.0 Å². The number of halogens is 6. The van der Waals surface area contributed by atoms with E-state index in [0.29, 0.717) is 18.8 Å². The maximum Gasteiger partial charge on any atom is 0.490 e. The molecule has 0 saturated heterocycles. The molecule has 0 saturated carbocycles. The summed E-state index contributed by atoms with van der Waals surface area (Å²) in [4.78, 5) is 30.2. The third-order valence-electron chi connectivity index (χ3n) is 4.12. The number of benzene rings is 1. The van der Waals surface area contributed by atoms with E-state index in [2.05, 4.69) is 37.1 Å². The number of carbonyl (C=O) groups is 3. The summed E-state index contributed by atoms with van der Waals surface area (Å²) in [6, 6.07) is 9.65. The van der Waals surface area contributed by atoms with Crippen molar-refractivity contribution in [2.24, 2.45) is 11.7 Å². The molecule has 1 aromatic carbocycles. The van der Waals surface area contributed by atoms with Crippen molar-refractivity contribution >= 4 is 30.5 Å². The molecule has 0 heterocycles. The van der Waals surface area contributed by atoms with Crippen LogP contribution in [0, 0.1) is 5.92 Å².